The minimum absolute atomic E-state index is 0.474. The third-order valence-electron chi connectivity index (χ3n) is 2.86. The van der Waals surface area contributed by atoms with Crippen molar-refractivity contribution in [3.05, 3.63) is 46.7 Å². The third kappa shape index (κ3) is 2.29. The van der Waals surface area contributed by atoms with E-state index in [4.69, 9.17) is 5.73 Å². The largest absolute Gasteiger partial charge is 0.383 e. The molecule has 0 saturated carbocycles. The lowest BCUT2D eigenvalue weighted by Crippen LogP contribution is -1.98. The van der Waals surface area contributed by atoms with Gasteiger partial charge in [0.05, 0.1) is 5.52 Å². The molecule has 0 saturated heterocycles. The maximum atomic E-state index is 6.00. The van der Waals surface area contributed by atoms with Crippen LogP contribution in [0.3, 0.4) is 0 Å². The molecule has 2 heterocycles. The molecule has 2 aromatic heterocycles. The number of hydrogen-bond donors (Lipinski definition) is 1. The zero-order chi connectivity index (χ0) is 13.4. The van der Waals surface area contributed by atoms with Gasteiger partial charge in [-0.25, -0.2) is 9.97 Å². The average Bonchev–Trinajstić information content (AvgIpc) is 2.40. The second-order valence-corrected chi connectivity index (χ2v) is 5.20. The van der Waals surface area contributed by atoms with Crippen molar-refractivity contribution in [2.24, 2.45) is 0 Å². The molecular weight excluding hydrogens is 304 g/mol. The van der Waals surface area contributed by atoms with Crippen molar-refractivity contribution < 1.29 is 0 Å². The summed E-state index contributed by atoms with van der Waals surface area (Å²) in [6.07, 6.45) is 1.76. The maximum absolute atomic E-state index is 6.00. The molecule has 1 aromatic carbocycles. The van der Waals surface area contributed by atoms with E-state index < -0.39 is 0 Å². The molecule has 4 nitrogen and oxygen atoms in total. The lowest BCUT2D eigenvalue weighted by molar-refractivity contribution is 1.17. The summed E-state index contributed by atoms with van der Waals surface area (Å²) in [4.78, 5) is 13.1. The quantitative estimate of drug-likeness (QED) is 0.748. The lowest BCUT2D eigenvalue weighted by Gasteiger charge is -2.06. The van der Waals surface area contributed by atoms with E-state index in [1.807, 2.05) is 37.3 Å². The molecule has 0 amide bonds. The van der Waals surface area contributed by atoms with Crippen molar-refractivity contribution in [3.63, 3.8) is 0 Å². The summed E-state index contributed by atoms with van der Waals surface area (Å²) >= 11 is 3.42. The summed E-state index contributed by atoms with van der Waals surface area (Å²) in [5, 5.41) is 0.846. The first-order chi connectivity index (χ1) is 9.13. The van der Waals surface area contributed by atoms with E-state index in [2.05, 4.69) is 30.9 Å². The van der Waals surface area contributed by atoms with Crippen LogP contribution < -0.4 is 5.73 Å². The highest BCUT2D eigenvalue weighted by Crippen LogP contribution is 2.25. The number of halogens is 1. The molecule has 0 bridgehead atoms. The van der Waals surface area contributed by atoms with Crippen LogP contribution >= 0.6 is 15.9 Å². The van der Waals surface area contributed by atoms with Crippen molar-refractivity contribution in [3.8, 4) is 11.4 Å². The number of pyridine rings is 1. The Morgan fingerprint density at radius 3 is 2.68 bits per heavy atom. The molecule has 0 aliphatic rings. The lowest BCUT2D eigenvalue weighted by atomic mass is 10.2. The first-order valence-electron chi connectivity index (χ1n) is 5.79. The SMILES string of the molecule is Cc1ccc(-c2nc(N)c3cc(Br)ccc3n2)cn1. The predicted octanol–water partition coefficient (Wildman–Crippen LogP) is 3.34. The van der Waals surface area contributed by atoms with Gasteiger partial charge in [-0.2, -0.15) is 0 Å². The number of nitrogens with two attached hydrogens (primary N) is 1. The van der Waals surface area contributed by atoms with Crippen LogP contribution in [0.1, 0.15) is 5.69 Å². The van der Waals surface area contributed by atoms with Crippen molar-refractivity contribution in [2.45, 2.75) is 6.92 Å². The van der Waals surface area contributed by atoms with Crippen molar-refractivity contribution in [1.29, 1.82) is 0 Å². The van der Waals surface area contributed by atoms with Crippen LogP contribution in [0.2, 0.25) is 0 Å². The number of rotatable bonds is 1. The van der Waals surface area contributed by atoms with Crippen LogP contribution in [0.5, 0.6) is 0 Å². The molecule has 0 aliphatic carbocycles. The van der Waals surface area contributed by atoms with Crippen LogP contribution in [-0.2, 0) is 0 Å². The number of aryl methyl sites for hydroxylation is 1. The van der Waals surface area contributed by atoms with E-state index in [1.165, 1.54) is 0 Å². The van der Waals surface area contributed by atoms with Crippen LogP contribution in [0.4, 0.5) is 5.82 Å². The Hall–Kier alpha value is -2.01. The van der Waals surface area contributed by atoms with Gasteiger partial charge in [-0.05, 0) is 37.3 Å². The summed E-state index contributed by atoms with van der Waals surface area (Å²) < 4.78 is 0.958. The van der Waals surface area contributed by atoms with Crippen LogP contribution in [-0.4, -0.2) is 15.0 Å². The van der Waals surface area contributed by atoms with Crippen LogP contribution in [0.15, 0.2) is 41.0 Å². The molecule has 3 rings (SSSR count). The fourth-order valence-electron chi connectivity index (χ4n) is 1.85. The predicted molar refractivity (Wildman–Crippen MR) is 79.6 cm³/mol. The van der Waals surface area contributed by atoms with Crippen LogP contribution in [0, 0.1) is 6.92 Å². The molecule has 19 heavy (non-hydrogen) atoms. The normalized spacial score (nSPS) is 10.8. The van der Waals surface area contributed by atoms with Gasteiger partial charge in [0.25, 0.3) is 0 Å². The Morgan fingerprint density at radius 1 is 1.11 bits per heavy atom. The average molecular weight is 315 g/mol. The zero-order valence-corrected chi connectivity index (χ0v) is 11.8. The molecule has 0 spiro atoms. The molecule has 2 N–H and O–H groups in total. The van der Waals surface area contributed by atoms with E-state index in [9.17, 15) is 0 Å². The van der Waals surface area contributed by atoms with E-state index in [0.717, 1.165) is 26.6 Å². The minimum atomic E-state index is 0.474. The summed E-state index contributed by atoms with van der Waals surface area (Å²) in [5.41, 5.74) is 8.65. The number of benzene rings is 1. The van der Waals surface area contributed by atoms with E-state index in [-0.39, 0.29) is 0 Å². The van der Waals surface area contributed by atoms with Crippen molar-refractivity contribution in [1.82, 2.24) is 15.0 Å². The van der Waals surface area contributed by atoms with E-state index >= 15 is 0 Å². The zero-order valence-electron chi connectivity index (χ0n) is 10.3. The summed E-state index contributed by atoms with van der Waals surface area (Å²) in [5.74, 6) is 1.07. The number of anilines is 1. The molecule has 5 heteroatoms. The smallest absolute Gasteiger partial charge is 0.163 e. The highest BCUT2D eigenvalue weighted by atomic mass is 79.9. The Balaban J connectivity index is 2.20. The van der Waals surface area contributed by atoms with Crippen LogP contribution in [0.25, 0.3) is 22.3 Å². The second-order valence-electron chi connectivity index (χ2n) is 4.28. The fraction of sp³-hybridized carbons (Fsp3) is 0.0714. The highest BCUT2D eigenvalue weighted by Gasteiger charge is 2.07. The first-order valence-corrected chi connectivity index (χ1v) is 6.58. The monoisotopic (exact) mass is 314 g/mol. The number of fused-ring (bicyclic) bond motifs is 1. The Morgan fingerprint density at radius 2 is 1.95 bits per heavy atom. The maximum Gasteiger partial charge on any atom is 0.163 e. The fourth-order valence-corrected chi connectivity index (χ4v) is 2.21. The number of nitrogen functional groups attached to an aromatic ring is 1. The molecule has 94 valence electrons. The van der Waals surface area contributed by atoms with Gasteiger partial charge < -0.3 is 5.73 Å². The molecule has 3 aromatic rings. The van der Waals surface area contributed by atoms with Gasteiger partial charge in [0, 0.05) is 27.3 Å². The van der Waals surface area contributed by atoms with E-state index in [1.54, 1.807) is 6.20 Å². The first kappa shape index (κ1) is 12.0. The van der Waals surface area contributed by atoms with Gasteiger partial charge >= 0.3 is 0 Å². The van der Waals surface area contributed by atoms with Gasteiger partial charge in [0.15, 0.2) is 5.82 Å². The van der Waals surface area contributed by atoms with Gasteiger partial charge in [0.1, 0.15) is 5.82 Å². The van der Waals surface area contributed by atoms with Crippen molar-refractivity contribution >= 4 is 32.7 Å². The Bertz CT molecular complexity index is 753. The minimum Gasteiger partial charge on any atom is -0.383 e. The molecule has 0 aliphatic heterocycles. The molecular formula is C14H11BrN4. The second kappa shape index (κ2) is 4.59. The molecule has 0 atom stereocenters. The van der Waals surface area contributed by atoms with Gasteiger partial charge in [-0.15, -0.1) is 0 Å². The van der Waals surface area contributed by atoms with Gasteiger partial charge in [-0.1, -0.05) is 15.9 Å². The molecule has 0 unspecified atom stereocenters. The highest BCUT2D eigenvalue weighted by molar-refractivity contribution is 9.10. The van der Waals surface area contributed by atoms with Crippen molar-refractivity contribution in [2.75, 3.05) is 5.73 Å². The Labute approximate surface area is 118 Å². The number of nitrogens with zero attached hydrogens (tertiary/aromatic N) is 3. The Kier molecular flexibility index (Phi) is 2.91. The molecule has 0 radical (unpaired) electrons. The third-order valence-corrected chi connectivity index (χ3v) is 3.35. The summed E-state index contributed by atoms with van der Waals surface area (Å²) in [7, 11) is 0. The summed E-state index contributed by atoms with van der Waals surface area (Å²) in [6.45, 7) is 1.94. The van der Waals surface area contributed by atoms with Gasteiger partial charge in [0.2, 0.25) is 0 Å². The van der Waals surface area contributed by atoms with E-state index in [0.29, 0.717) is 11.6 Å². The standard InChI is InChI=1S/C14H11BrN4/c1-8-2-3-9(7-17-8)14-18-12-5-4-10(15)6-11(12)13(16)19-14/h2-7H,1H3,(H2,16,18,19). The topological polar surface area (TPSA) is 64.7 Å². The summed E-state index contributed by atoms with van der Waals surface area (Å²) in [6, 6.07) is 9.65. The number of aromatic nitrogens is 3. The number of hydrogen-bond acceptors (Lipinski definition) is 4. The van der Waals surface area contributed by atoms with Gasteiger partial charge in [-0.3, -0.25) is 4.98 Å². The molecule has 0 fully saturated rings.